The van der Waals surface area contributed by atoms with Gasteiger partial charge in [0.15, 0.2) is 0 Å². The van der Waals surface area contributed by atoms with Crippen molar-refractivity contribution in [3.05, 3.63) is 22.9 Å². The maximum absolute atomic E-state index is 11.3. The number of aliphatic hydroxyl groups is 1. The molecule has 0 aliphatic carbocycles. The van der Waals surface area contributed by atoms with Crippen LogP contribution in [0.4, 0.5) is 5.82 Å². The Morgan fingerprint density at radius 3 is 2.56 bits per heavy atom. The Kier molecular flexibility index (Phi) is 3.52. The lowest BCUT2D eigenvalue weighted by Gasteiger charge is -2.31. The van der Waals surface area contributed by atoms with Gasteiger partial charge >= 0.3 is 5.97 Å². The highest BCUT2D eigenvalue weighted by atomic mass is 16.4. The normalized spacial score (nSPS) is 16.9. The van der Waals surface area contributed by atoms with Crippen molar-refractivity contribution in [3.8, 4) is 0 Å². The van der Waals surface area contributed by atoms with Crippen molar-refractivity contribution in [2.45, 2.75) is 32.8 Å². The summed E-state index contributed by atoms with van der Waals surface area (Å²) in [6.45, 7) is 4.95. The van der Waals surface area contributed by atoms with E-state index in [0.29, 0.717) is 31.7 Å². The van der Waals surface area contributed by atoms with E-state index in [1.54, 1.807) is 13.0 Å². The zero-order chi connectivity index (χ0) is 13.3. The summed E-state index contributed by atoms with van der Waals surface area (Å²) in [6.07, 6.45) is 1.04. The van der Waals surface area contributed by atoms with Crippen LogP contribution in [0.25, 0.3) is 0 Å². The predicted octanol–water partition coefficient (Wildman–Crippen LogP) is 1.36. The van der Waals surface area contributed by atoms with E-state index in [2.05, 4.69) is 4.98 Å². The number of aromatic carboxylic acids is 1. The van der Waals surface area contributed by atoms with Crippen LogP contribution in [0, 0.1) is 13.8 Å². The molecule has 0 bridgehead atoms. The van der Waals surface area contributed by atoms with Crippen LogP contribution in [-0.2, 0) is 0 Å². The van der Waals surface area contributed by atoms with E-state index in [-0.39, 0.29) is 11.7 Å². The van der Waals surface area contributed by atoms with Crippen molar-refractivity contribution >= 4 is 11.8 Å². The molecule has 1 fully saturated rings. The maximum Gasteiger partial charge on any atom is 0.339 e. The number of hydrogen-bond acceptors (Lipinski definition) is 4. The van der Waals surface area contributed by atoms with Crippen LogP contribution < -0.4 is 4.90 Å². The van der Waals surface area contributed by atoms with E-state index in [0.717, 1.165) is 11.3 Å². The van der Waals surface area contributed by atoms with Crippen LogP contribution in [0.5, 0.6) is 0 Å². The van der Waals surface area contributed by atoms with Gasteiger partial charge in [0, 0.05) is 18.8 Å². The molecule has 1 saturated heterocycles. The number of aliphatic hydroxyl groups excluding tert-OH is 1. The number of rotatable bonds is 2. The monoisotopic (exact) mass is 250 g/mol. The first-order valence-corrected chi connectivity index (χ1v) is 6.13. The molecule has 1 aromatic heterocycles. The highest BCUT2D eigenvalue weighted by Crippen LogP contribution is 2.25. The average molecular weight is 250 g/mol. The molecule has 2 heterocycles. The van der Waals surface area contributed by atoms with Crippen molar-refractivity contribution in [1.29, 1.82) is 0 Å². The summed E-state index contributed by atoms with van der Waals surface area (Å²) < 4.78 is 0. The van der Waals surface area contributed by atoms with Crippen LogP contribution >= 0.6 is 0 Å². The molecule has 5 heteroatoms. The Labute approximate surface area is 106 Å². The second-order valence-corrected chi connectivity index (χ2v) is 4.80. The van der Waals surface area contributed by atoms with E-state index in [1.165, 1.54) is 0 Å². The number of carboxylic acid groups (broad SMARTS) is 1. The van der Waals surface area contributed by atoms with Gasteiger partial charge in [0.2, 0.25) is 0 Å². The van der Waals surface area contributed by atoms with Crippen LogP contribution in [-0.4, -0.2) is 40.4 Å². The molecule has 98 valence electrons. The molecule has 2 N–H and O–H groups in total. The Morgan fingerprint density at radius 1 is 1.39 bits per heavy atom. The molecule has 2 rings (SSSR count). The number of aryl methyl sites for hydroxylation is 2. The summed E-state index contributed by atoms with van der Waals surface area (Å²) in [6, 6.07) is 1.78. The van der Waals surface area contributed by atoms with Gasteiger partial charge in [-0.15, -0.1) is 0 Å². The van der Waals surface area contributed by atoms with Crippen molar-refractivity contribution in [2.75, 3.05) is 18.0 Å². The third-order valence-electron chi connectivity index (χ3n) is 3.30. The fraction of sp³-hybridized carbons (Fsp3) is 0.538. The number of carboxylic acids is 1. The fourth-order valence-corrected chi connectivity index (χ4v) is 2.39. The number of piperidine rings is 1. The van der Waals surface area contributed by atoms with Gasteiger partial charge in [-0.05, 0) is 38.3 Å². The summed E-state index contributed by atoms with van der Waals surface area (Å²) in [5.41, 5.74) is 1.83. The molecule has 1 aliphatic heterocycles. The average Bonchev–Trinajstić information content (AvgIpc) is 2.28. The second kappa shape index (κ2) is 4.94. The van der Waals surface area contributed by atoms with E-state index >= 15 is 0 Å². The van der Waals surface area contributed by atoms with E-state index < -0.39 is 5.97 Å². The minimum Gasteiger partial charge on any atom is -0.478 e. The highest BCUT2D eigenvalue weighted by molar-refractivity contribution is 5.95. The Bertz CT molecular complexity index is 466. The van der Waals surface area contributed by atoms with Crippen molar-refractivity contribution in [1.82, 2.24) is 4.98 Å². The van der Waals surface area contributed by atoms with Crippen LogP contribution in [0.1, 0.15) is 34.5 Å². The number of hydrogen-bond donors (Lipinski definition) is 2. The lowest BCUT2D eigenvalue weighted by Crippen LogP contribution is -2.37. The molecule has 0 radical (unpaired) electrons. The molecule has 0 unspecified atom stereocenters. The summed E-state index contributed by atoms with van der Waals surface area (Å²) in [5.74, 6) is -0.409. The first-order chi connectivity index (χ1) is 8.49. The minimum absolute atomic E-state index is 0.275. The highest BCUT2D eigenvalue weighted by Gasteiger charge is 2.24. The molecule has 0 atom stereocenters. The number of nitrogens with zero attached hydrogens (tertiary/aromatic N) is 2. The van der Waals surface area contributed by atoms with E-state index in [9.17, 15) is 15.0 Å². The van der Waals surface area contributed by atoms with Crippen molar-refractivity contribution in [3.63, 3.8) is 0 Å². The third kappa shape index (κ3) is 2.46. The van der Waals surface area contributed by atoms with Gasteiger partial charge < -0.3 is 15.1 Å². The number of pyridine rings is 1. The first-order valence-electron chi connectivity index (χ1n) is 6.13. The third-order valence-corrected chi connectivity index (χ3v) is 3.30. The van der Waals surface area contributed by atoms with Gasteiger partial charge in [-0.2, -0.15) is 0 Å². The van der Waals surface area contributed by atoms with E-state index in [1.807, 2.05) is 11.8 Å². The Morgan fingerprint density at radius 2 is 2.00 bits per heavy atom. The minimum atomic E-state index is -0.943. The SMILES string of the molecule is Cc1cc(C)c(C(=O)O)c(N2CCC(O)CC2)n1. The summed E-state index contributed by atoms with van der Waals surface area (Å²) in [5, 5.41) is 18.8. The lowest BCUT2D eigenvalue weighted by atomic mass is 10.0. The molecule has 0 aromatic carbocycles. The molecular formula is C13H18N2O3. The van der Waals surface area contributed by atoms with Gasteiger partial charge in [-0.25, -0.2) is 9.78 Å². The summed E-state index contributed by atoms with van der Waals surface area (Å²) >= 11 is 0. The second-order valence-electron chi connectivity index (χ2n) is 4.80. The molecule has 0 saturated carbocycles. The lowest BCUT2D eigenvalue weighted by molar-refractivity contribution is 0.0696. The first kappa shape index (κ1) is 12.8. The number of anilines is 1. The van der Waals surface area contributed by atoms with Gasteiger partial charge in [-0.1, -0.05) is 0 Å². The molecule has 0 amide bonds. The topological polar surface area (TPSA) is 73.7 Å². The quantitative estimate of drug-likeness (QED) is 0.829. The molecule has 5 nitrogen and oxygen atoms in total. The van der Waals surface area contributed by atoms with Crippen LogP contribution in [0.15, 0.2) is 6.07 Å². The van der Waals surface area contributed by atoms with Gasteiger partial charge in [0.1, 0.15) is 11.4 Å². The van der Waals surface area contributed by atoms with Gasteiger partial charge in [-0.3, -0.25) is 0 Å². The van der Waals surface area contributed by atoms with Crippen molar-refractivity contribution in [2.24, 2.45) is 0 Å². The zero-order valence-corrected chi connectivity index (χ0v) is 10.7. The fourth-order valence-electron chi connectivity index (χ4n) is 2.39. The molecular weight excluding hydrogens is 232 g/mol. The predicted molar refractivity (Wildman–Crippen MR) is 68.1 cm³/mol. The number of aromatic nitrogens is 1. The molecule has 1 aliphatic rings. The van der Waals surface area contributed by atoms with E-state index in [4.69, 9.17) is 0 Å². The standard InChI is InChI=1S/C13H18N2O3/c1-8-7-9(2)14-12(11(8)13(17)18)15-5-3-10(16)4-6-15/h7,10,16H,3-6H2,1-2H3,(H,17,18). The number of carbonyl (C=O) groups is 1. The summed E-state index contributed by atoms with van der Waals surface area (Å²) in [4.78, 5) is 17.7. The maximum atomic E-state index is 11.3. The zero-order valence-electron chi connectivity index (χ0n) is 10.7. The molecule has 18 heavy (non-hydrogen) atoms. The van der Waals surface area contributed by atoms with Gasteiger partial charge in [0.25, 0.3) is 0 Å². The molecule has 1 aromatic rings. The van der Waals surface area contributed by atoms with Crippen molar-refractivity contribution < 1.29 is 15.0 Å². The Hall–Kier alpha value is -1.62. The van der Waals surface area contributed by atoms with Gasteiger partial charge in [0.05, 0.1) is 6.10 Å². The molecule has 0 spiro atoms. The summed E-state index contributed by atoms with van der Waals surface area (Å²) in [7, 11) is 0. The van der Waals surface area contributed by atoms with Crippen LogP contribution in [0.3, 0.4) is 0 Å². The smallest absolute Gasteiger partial charge is 0.339 e. The largest absolute Gasteiger partial charge is 0.478 e. The Balaban J connectivity index is 2.39. The van der Waals surface area contributed by atoms with Crippen LogP contribution in [0.2, 0.25) is 0 Å².